The molecule has 1 aromatic rings. The van der Waals surface area contributed by atoms with Crippen molar-refractivity contribution in [3.05, 3.63) is 35.6 Å². The molecule has 1 aliphatic carbocycles. The molecule has 0 radical (unpaired) electrons. The number of esters is 1. The van der Waals surface area contributed by atoms with Gasteiger partial charge in [-0.1, -0.05) is 11.8 Å². The molecule has 1 unspecified atom stereocenters. The van der Waals surface area contributed by atoms with Crippen LogP contribution >= 0.6 is 11.8 Å². The van der Waals surface area contributed by atoms with Crippen LogP contribution in [0.5, 0.6) is 0 Å². The van der Waals surface area contributed by atoms with Crippen LogP contribution in [0.1, 0.15) is 30.1 Å². The van der Waals surface area contributed by atoms with Gasteiger partial charge in [0.05, 0.1) is 5.92 Å². The van der Waals surface area contributed by atoms with Gasteiger partial charge in [0.25, 0.3) is 0 Å². The number of nitrogens with one attached hydrogen (secondary N) is 1. The normalized spacial score (nSPS) is 28.4. The molecule has 2 fully saturated rings. The third-order valence-electron chi connectivity index (χ3n) is 4.25. The number of ether oxygens (including phenoxy) is 1. The highest BCUT2D eigenvalue weighted by molar-refractivity contribution is 8.16. The van der Waals surface area contributed by atoms with Crippen molar-refractivity contribution >= 4 is 34.7 Å². The summed E-state index contributed by atoms with van der Waals surface area (Å²) in [5.74, 6) is -3.01. The Hall–Kier alpha value is -2.22. The summed E-state index contributed by atoms with van der Waals surface area (Å²) >= 11 is 0.741. The zero-order chi connectivity index (χ0) is 17.5. The Balaban J connectivity index is 1.87. The molecule has 2 aliphatic rings. The summed E-state index contributed by atoms with van der Waals surface area (Å²) in [6.45, 7) is 1.23. The van der Waals surface area contributed by atoms with Crippen LogP contribution in [-0.2, 0) is 19.1 Å². The van der Waals surface area contributed by atoms with E-state index in [-0.39, 0.29) is 12.0 Å². The van der Waals surface area contributed by atoms with E-state index in [1.54, 1.807) is 0 Å². The molecule has 0 spiro atoms. The molecule has 0 bridgehead atoms. The Bertz CT molecular complexity index is 734. The van der Waals surface area contributed by atoms with E-state index < -0.39 is 45.5 Å². The van der Waals surface area contributed by atoms with Crippen molar-refractivity contribution in [2.24, 2.45) is 5.92 Å². The minimum Gasteiger partial charge on any atom is -0.462 e. The monoisotopic (exact) mass is 351 g/mol. The highest BCUT2D eigenvalue weighted by Gasteiger charge is 2.64. The van der Waals surface area contributed by atoms with E-state index in [1.807, 2.05) is 0 Å². The molecule has 126 valence electrons. The fraction of sp³-hybridized carbons (Fsp3) is 0.375. The molecule has 1 saturated heterocycles. The Labute approximate surface area is 141 Å². The SMILES string of the molecule is CC(=O)OC1CC[C@]2(SC(=O)c3ccc(F)cc3)C(=O)NC(=O)[C@H]12. The van der Waals surface area contributed by atoms with E-state index in [0.717, 1.165) is 23.9 Å². The van der Waals surface area contributed by atoms with Crippen molar-refractivity contribution in [3.63, 3.8) is 0 Å². The molecule has 0 aromatic heterocycles. The fourth-order valence-corrected chi connectivity index (χ4v) is 4.56. The first kappa shape index (κ1) is 16.6. The molecule has 24 heavy (non-hydrogen) atoms. The summed E-state index contributed by atoms with van der Waals surface area (Å²) in [5.41, 5.74) is 0.234. The predicted molar refractivity (Wildman–Crippen MR) is 82.5 cm³/mol. The molecule has 2 amide bonds. The Morgan fingerprint density at radius 1 is 1.29 bits per heavy atom. The molecule has 3 atom stereocenters. The minimum absolute atomic E-state index is 0.234. The van der Waals surface area contributed by atoms with Crippen molar-refractivity contribution in [1.82, 2.24) is 5.32 Å². The molecule has 1 N–H and O–H groups in total. The standard InChI is InChI=1S/C16H14FNO5S/c1-8(19)23-11-6-7-16(12(11)13(20)18-15(16)22)24-14(21)9-2-4-10(17)5-3-9/h2-5,11-12H,6-7H2,1H3,(H,18,20,22)/t11?,12-,16+/m0/s1. The largest absolute Gasteiger partial charge is 0.462 e. The lowest BCUT2D eigenvalue weighted by atomic mass is 9.96. The van der Waals surface area contributed by atoms with Crippen molar-refractivity contribution in [2.45, 2.75) is 30.6 Å². The van der Waals surface area contributed by atoms with Gasteiger partial charge >= 0.3 is 5.97 Å². The first-order valence-electron chi connectivity index (χ1n) is 7.35. The second-order valence-corrected chi connectivity index (χ2v) is 7.07. The number of hydrogen-bond donors (Lipinski definition) is 1. The van der Waals surface area contributed by atoms with Crippen molar-refractivity contribution < 1.29 is 28.3 Å². The van der Waals surface area contributed by atoms with Crippen molar-refractivity contribution in [1.29, 1.82) is 0 Å². The highest BCUT2D eigenvalue weighted by atomic mass is 32.2. The van der Waals surface area contributed by atoms with E-state index in [9.17, 15) is 23.6 Å². The number of halogens is 1. The van der Waals surface area contributed by atoms with Crippen LogP contribution in [0.4, 0.5) is 4.39 Å². The maximum Gasteiger partial charge on any atom is 0.302 e. The second kappa shape index (κ2) is 6.01. The van der Waals surface area contributed by atoms with Gasteiger partial charge in [-0.3, -0.25) is 24.5 Å². The van der Waals surface area contributed by atoms with Gasteiger partial charge in [0.15, 0.2) is 0 Å². The average Bonchev–Trinajstić information content (AvgIpc) is 2.97. The summed E-state index contributed by atoms with van der Waals surface area (Å²) < 4.78 is 16.8. The quantitative estimate of drug-likeness (QED) is 0.655. The van der Waals surface area contributed by atoms with Crippen LogP contribution in [-0.4, -0.2) is 33.7 Å². The molecular weight excluding hydrogens is 337 g/mol. The molecular formula is C16H14FNO5S. The minimum atomic E-state index is -1.29. The number of imide groups is 1. The van der Waals surface area contributed by atoms with E-state index in [0.29, 0.717) is 6.42 Å². The van der Waals surface area contributed by atoms with Crippen LogP contribution in [0.25, 0.3) is 0 Å². The average molecular weight is 351 g/mol. The lowest BCUT2D eigenvalue weighted by Gasteiger charge is -2.24. The summed E-state index contributed by atoms with van der Waals surface area (Å²) in [6.07, 6.45) is -0.166. The fourth-order valence-electron chi connectivity index (χ4n) is 3.22. The van der Waals surface area contributed by atoms with Gasteiger partial charge in [0.2, 0.25) is 16.9 Å². The van der Waals surface area contributed by atoms with Gasteiger partial charge in [-0.15, -0.1) is 0 Å². The molecule has 3 rings (SSSR count). The Morgan fingerprint density at radius 2 is 1.96 bits per heavy atom. The van der Waals surface area contributed by atoms with Crippen molar-refractivity contribution in [3.8, 4) is 0 Å². The lowest BCUT2D eigenvalue weighted by Crippen LogP contribution is -2.39. The first-order valence-corrected chi connectivity index (χ1v) is 8.16. The zero-order valence-electron chi connectivity index (χ0n) is 12.7. The van der Waals surface area contributed by atoms with Gasteiger partial charge < -0.3 is 4.74 Å². The Morgan fingerprint density at radius 3 is 2.58 bits per heavy atom. The summed E-state index contributed by atoms with van der Waals surface area (Å²) in [7, 11) is 0. The van der Waals surface area contributed by atoms with Crippen LogP contribution in [0, 0.1) is 11.7 Å². The number of rotatable bonds is 3. The van der Waals surface area contributed by atoms with Gasteiger partial charge in [-0.25, -0.2) is 4.39 Å². The molecule has 1 aromatic carbocycles. The molecule has 1 aliphatic heterocycles. The van der Waals surface area contributed by atoms with E-state index in [1.165, 1.54) is 19.1 Å². The molecule has 8 heteroatoms. The summed E-state index contributed by atoms with van der Waals surface area (Å²) in [5, 5.41) is 1.79. The van der Waals surface area contributed by atoms with E-state index in [2.05, 4.69) is 5.32 Å². The highest BCUT2D eigenvalue weighted by Crippen LogP contribution is 2.51. The number of carbonyl (C=O) groups excluding carboxylic acids is 4. The van der Waals surface area contributed by atoms with Crippen LogP contribution in [0.15, 0.2) is 24.3 Å². The number of carbonyl (C=O) groups is 4. The molecule has 1 saturated carbocycles. The number of amides is 2. The van der Waals surface area contributed by atoms with E-state index in [4.69, 9.17) is 4.74 Å². The van der Waals surface area contributed by atoms with Crippen LogP contribution in [0.2, 0.25) is 0 Å². The Kier molecular flexibility index (Phi) is 4.16. The topological polar surface area (TPSA) is 89.5 Å². The third-order valence-corrected chi connectivity index (χ3v) is 5.68. The number of benzene rings is 1. The number of hydrogen-bond acceptors (Lipinski definition) is 6. The maximum atomic E-state index is 13.0. The lowest BCUT2D eigenvalue weighted by molar-refractivity contribution is -0.149. The molecule has 6 nitrogen and oxygen atoms in total. The summed E-state index contributed by atoms with van der Waals surface area (Å²) in [6, 6.07) is 4.95. The second-order valence-electron chi connectivity index (χ2n) is 5.77. The summed E-state index contributed by atoms with van der Waals surface area (Å²) in [4.78, 5) is 48.1. The van der Waals surface area contributed by atoms with Gasteiger partial charge in [0.1, 0.15) is 16.7 Å². The third kappa shape index (κ3) is 2.71. The first-order chi connectivity index (χ1) is 11.3. The maximum absolute atomic E-state index is 13.0. The van der Waals surface area contributed by atoms with Crippen molar-refractivity contribution in [2.75, 3.05) is 0 Å². The predicted octanol–water partition coefficient (Wildman–Crippen LogP) is 1.44. The van der Waals surface area contributed by atoms with Crippen LogP contribution < -0.4 is 5.32 Å². The zero-order valence-corrected chi connectivity index (χ0v) is 13.5. The van der Waals surface area contributed by atoms with Gasteiger partial charge in [-0.05, 0) is 37.1 Å². The molecule has 1 heterocycles. The van der Waals surface area contributed by atoms with Crippen LogP contribution in [0.3, 0.4) is 0 Å². The smallest absolute Gasteiger partial charge is 0.302 e. The number of fused-ring (bicyclic) bond motifs is 1. The van der Waals surface area contributed by atoms with Gasteiger partial charge in [0, 0.05) is 12.5 Å². The number of thioether (sulfide) groups is 1. The van der Waals surface area contributed by atoms with E-state index >= 15 is 0 Å². The van der Waals surface area contributed by atoms with Gasteiger partial charge in [-0.2, -0.15) is 0 Å².